The number of rotatable bonds is 2. The van der Waals surface area contributed by atoms with Crippen LogP contribution in [0.25, 0.3) is 0 Å². The molecule has 0 spiro atoms. The van der Waals surface area contributed by atoms with E-state index in [4.69, 9.17) is 5.73 Å². The van der Waals surface area contributed by atoms with Gasteiger partial charge in [0.2, 0.25) is 0 Å². The first kappa shape index (κ1) is 15.2. The maximum absolute atomic E-state index is 5.89. The molecule has 100 valence electrons. The van der Waals surface area contributed by atoms with Crippen LogP contribution in [0.4, 0.5) is 5.82 Å². The monoisotopic (exact) mass is 360 g/mol. The van der Waals surface area contributed by atoms with Gasteiger partial charge in [-0.1, -0.05) is 33.8 Å². The molecular weight excluding hydrogens is 339 g/mol. The van der Waals surface area contributed by atoms with Crippen LogP contribution in [0, 0.1) is 10.8 Å². The maximum atomic E-state index is 5.89. The van der Waals surface area contributed by atoms with Gasteiger partial charge in [-0.3, -0.25) is 0 Å². The largest absolute Gasteiger partial charge is 0.370 e. The second kappa shape index (κ2) is 5.03. The lowest BCUT2D eigenvalue weighted by Gasteiger charge is -2.04. The predicted octanol–water partition coefficient (Wildman–Crippen LogP) is 2.86. The summed E-state index contributed by atoms with van der Waals surface area (Å²) in [5, 5.41) is 3.01. The SMILES string of the molecule is CC1(C)C(N=C(N)Nc2ccccn2)C1(C)C.I. The third kappa shape index (κ3) is 2.60. The van der Waals surface area contributed by atoms with Crippen molar-refractivity contribution in [3.05, 3.63) is 24.4 Å². The molecule has 2 rings (SSSR count). The summed E-state index contributed by atoms with van der Waals surface area (Å²) in [5.74, 6) is 1.16. The number of anilines is 1. The number of nitrogens with two attached hydrogens (primary N) is 1. The minimum atomic E-state index is 0. The topological polar surface area (TPSA) is 63.3 Å². The van der Waals surface area contributed by atoms with Crippen molar-refractivity contribution in [2.75, 3.05) is 5.32 Å². The van der Waals surface area contributed by atoms with Gasteiger partial charge in [-0.2, -0.15) is 0 Å². The molecule has 5 heteroatoms. The van der Waals surface area contributed by atoms with E-state index in [1.165, 1.54) is 0 Å². The lowest BCUT2D eigenvalue weighted by atomic mass is 10.0. The molecule has 1 aromatic heterocycles. The lowest BCUT2D eigenvalue weighted by Crippen LogP contribution is -2.24. The summed E-state index contributed by atoms with van der Waals surface area (Å²) in [6.07, 6.45) is 1.72. The van der Waals surface area contributed by atoms with Gasteiger partial charge in [0.05, 0.1) is 6.04 Å². The van der Waals surface area contributed by atoms with Crippen molar-refractivity contribution in [3.63, 3.8) is 0 Å². The Morgan fingerprint density at radius 3 is 2.33 bits per heavy atom. The fraction of sp³-hybridized carbons (Fsp3) is 0.538. The maximum Gasteiger partial charge on any atom is 0.194 e. The Bertz CT molecular complexity index is 426. The van der Waals surface area contributed by atoms with E-state index in [9.17, 15) is 0 Å². The van der Waals surface area contributed by atoms with Crippen LogP contribution in [0.1, 0.15) is 27.7 Å². The number of pyridine rings is 1. The number of aliphatic imine (C=N–C) groups is 1. The van der Waals surface area contributed by atoms with Crippen molar-refractivity contribution >= 4 is 35.8 Å². The van der Waals surface area contributed by atoms with E-state index in [1.54, 1.807) is 6.20 Å². The highest BCUT2D eigenvalue weighted by Gasteiger charge is 2.65. The van der Waals surface area contributed by atoms with Crippen LogP contribution in [-0.4, -0.2) is 17.0 Å². The zero-order valence-corrected chi connectivity index (χ0v) is 13.6. The smallest absolute Gasteiger partial charge is 0.194 e. The number of nitrogens with zero attached hydrogens (tertiary/aromatic N) is 2. The Morgan fingerprint density at radius 1 is 1.28 bits per heavy atom. The van der Waals surface area contributed by atoms with Crippen LogP contribution in [0.2, 0.25) is 0 Å². The van der Waals surface area contributed by atoms with Gasteiger partial charge < -0.3 is 11.1 Å². The Hall–Kier alpha value is -0.850. The van der Waals surface area contributed by atoms with E-state index in [1.807, 2.05) is 18.2 Å². The van der Waals surface area contributed by atoms with E-state index in [2.05, 4.69) is 43.0 Å². The number of aromatic nitrogens is 1. The molecule has 0 saturated heterocycles. The van der Waals surface area contributed by atoms with E-state index < -0.39 is 0 Å². The molecule has 0 atom stereocenters. The van der Waals surface area contributed by atoms with E-state index in [0.29, 0.717) is 5.96 Å². The fourth-order valence-corrected chi connectivity index (χ4v) is 2.22. The van der Waals surface area contributed by atoms with Gasteiger partial charge in [0, 0.05) is 6.20 Å². The van der Waals surface area contributed by atoms with Crippen LogP contribution in [0.15, 0.2) is 29.4 Å². The van der Waals surface area contributed by atoms with Crippen molar-refractivity contribution in [3.8, 4) is 0 Å². The Labute approximate surface area is 125 Å². The summed E-state index contributed by atoms with van der Waals surface area (Å²) in [6, 6.07) is 5.91. The van der Waals surface area contributed by atoms with Crippen molar-refractivity contribution < 1.29 is 0 Å². The molecule has 0 unspecified atom stereocenters. The van der Waals surface area contributed by atoms with Gasteiger partial charge in [-0.25, -0.2) is 9.98 Å². The first-order valence-electron chi connectivity index (χ1n) is 5.87. The number of hydrogen-bond donors (Lipinski definition) is 2. The van der Waals surface area contributed by atoms with Crippen LogP contribution in [0.3, 0.4) is 0 Å². The Kier molecular flexibility index (Phi) is 4.25. The molecule has 4 nitrogen and oxygen atoms in total. The highest BCUT2D eigenvalue weighted by Crippen LogP contribution is 2.64. The Balaban J connectivity index is 0.00000162. The second-order valence-corrected chi connectivity index (χ2v) is 5.70. The van der Waals surface area contributed by atoms with Crippen molar-refractivity contribution in [1.82, 2.24) is 4.98 Å². The molecule has 1 heterocycles. The third-order valence-corrected chi connectivity index (χ3v) is 4.13. The number of nitrogens with one attached hydrogen (secondary N) is 1. The van der Waals surface area contributed by atoms with Crippen molar-refractivity contribution in [1.29, 1.82) is 0 Å². The third-order valence-electron chi connectivity index (χ3n) is 4.13. The zero-order chi connectivity index (χ0) is 12.7. The number of guanidine groups is 1. The Morgan fingerprint density at radius 2 is 1.89 bits per heavy atom. The lowest BCUT2D eigenvalue weighted by molar-refractivity contribution is 0.457. The minimum Gasteiger partial charge on any atom is -0.370 e. The van der Waals surface area contributed by atoms with E-state index in [-0.39, 0.29) is 40.8 Å². The fourth-order valence-electron chi connectivity index (χ4n) is 2.22. The first-order chi connectivity index (χ1) is 7.85. The molecule has 1 fully saturated rings. The molecule has 0 aromatic carbocycles. The predicted molar refractivity (Wildman–Crippen MR) is 86.2 cm³/mol. The summed E-state index contributed by atoms with van der Waals surface area (Å²) in [6.45, 7) is 8.87. The summed E-state index contributed by atoms with van der Waals surface area (Å²) in [4.78, 5) is 8.68. The van der Waals surface area contributed by atoms with Crippen LogP contribution in [0.5, 0.6) is 0 Å². The zero-order valence-electron chi connectivity index (χ0n) is 11.3. The highest BCUT2D eigenvalue weighted by atomic mass is 127. The highest BCUT2D eigenvalue weighted by molar-refractivity contribution is 14.0. The van der Waals surface area contributed by atoms with E-state index in [0.717, 1.165) is 5.82 Å². The summed E-state index contributed by atoms with van der Waals surface area (Å²) < 4.78 is 0. The summed E-state index contributed by atoms with van der Waals surface area (Å²) >= 11 is 0. The van der Waals surface area contributed by atoms with E-state index >= 15 is 0 Å². The summed E-state index contributed by atoms with van der Waals surface area (Å²) in [7, 11) is 0. The molecule has 3 N–H and O–H groups in total. The molecule has 1 aliphatic carbocycles. The van der Waals surface area contributed by atoms with Crippen LogP contribution < -0.4 is 11.1 Å². The molecular formula is C13H21IN4. The molecule has 1 aliphatic rings. The van der Waals surface area contributed by atoms with Gasteiger partial charge >= 0.3 is 0 Å². The minimum absolute atomic E-state index is 0. The summed E-state index contributed by atoms with van der Waals surface area (Å²) in [5.41, 5.74) is 6.31. The normalized spacial score (nSPS) is 21.0. The van der Waals surface area contributed by atoms with Crippen molar-refractivity contribution in [2.24, 2.45) is 21.6 Å². The average molecular weight is 360 g/mol. The first-order valence-corrected chi connectivity index (χ1v) is 5.87. The molecule has 0 bridgehead atoms. The van der Waals surface area contributed by atoms with Crippen LogP contribution >= 0.6 is 24.0 Å². The molecule has 18 heavy (non-hydrogen) atoms. The quantitative estimate of drug-likeness (QED) is 0.484. The number of halogens is 1. The average Bonchev–Trinajstić information content (AvgIpc) is 2.62. The molecule has 1 aromatic rings. The molecule has 1 saturated carbocycles. The van der Waals surface area contributed by atoms with Gasteiger partial charge in [-0.15, -0.1) is 24.0 Å². The number of hydrogen-bond acceptors (Lipinski definition) is 2. The van der Waals surface area contributed by atoms with Crippen LogP contribution in [-0.2, 0) is 0 Å². The van der Waals surface area contributed by atoms with Crippen molar-refractivity contribution in [2.45, 2.75) is 33.7 Å². The van der Waals surface area contributed by atoms with Gasteiger partial charge in [0.15, 0.2) is 5.96 Å². The molecule has 0 amide bonds. The second-order valence-electron chi connectivity index (χ2n) is 5.70. The van der Waals surface area contributed by atoms with Gasteiger partial charge in [0.1, 0.15) is 5.82 Å². The standard InChI is InChI=1S/C13H20N4.HI/c1-12(2)10(13(12,3)4)17-11(14)16-9-7-5-6-8-15-9;/h5-8,10H,1-4H3,(H3,14,15,16,17);1H. The molecule has 0 aliphatic heterocycles. The van der Waals surface area contributed by atoms with Gasteiger partial charge in [0.25, 0.3) is 0 Å². The van der Waals surface area contributed by atoms with Gasteiger partial charge in [-0.05, 0) is 23.0 Å². The molecule has 0 radical (unpaired) electrons.